The van der Waals surface area contributed by atoms with Crippen LogP contribution in [0.2, 0.25) is 0 Å². The van der Waals surface area contributed by atoms with Crippen molar-refractivity contribution in [1.82, 2.24) is 9.55 Å². The molecule has 0 bridgehead atoms. The molecule has 2 N–H and O–H groups in total. The summed E-state index contributed by atoms with van der Waals surface area (Å²) in [4.78, 5) is 4.04. The van der Waals surface area contributed by atoms with Crippen LogP contribution in [0.3, 0.4) is 0 Å². The highest BCUT2D eigenvalue weighted by Gasteiger charge is 2.31. The molecule has 0 aliphatic carbocycles. The molecule has 0 unspecified atom stereocenters. The maximum atomic E-state index is 12.4. The number of rotatable bonds is 1. The van der Waals surface area contributed by atoms with Crippen LogP contribution in [-0.2, 0) is 13.2 Å². The first kappa shape index (κ1) is 11.5. The highest BCUT2D eigenvalue weighted by Crippen LogP contribution is 2.33. The van der Waals surface area contributed by atoms with Gasteiger partial charge in [0.15, 0.2) is 0 Å². The number of benzene rings is 1. The third kappa shape index (κ3) is 2.11. The first-order chi connectivity index (χ1) is 7.89. The fourth-order valence-electron chi connectivity index (χ4n) is 1.57. The van der Waals surface area contributed by atoms with Gasteiger partial charge >= 0.3 is 6.18 Å². The highest BCUT2D eigenvalue weighted by molar-refractivity contribution is 5.72. The molecule has 17 heavy (non-hydrogen) atoms. The Kier molecular flexibility index (Phi) is 2.57. The molecule has 0 aliphatic heterocycles. The number of hydrogen-bond donors (Lipinski definition) is 1. The van der Waals surface area contributed by atoms with E-state index in [0.717, 1.165) is 12.1 Å². The van der Waals surface area contributed by atoms with E-state index in [0.29, 0.717) is 11.4 Å². The van der Waals surface area contributed by atoms with Crippen LogP contribution in [0.4, 0.5) is 18.9 Å². The SMILES string of the molecule is Cn1ccnc1-c1ccc(C(F)(F)F)cc1N. The molecular formula is C11H10F3N3. The van der Waals surface area contributed by atoms with Crippen molar-refractivity contribution in [3.63, 3.8) is 0 Å². The molecule has 0 saturated heterocycles. The average molecular weight is 241 g/mol. The Morgan fingerprint density at radius 3 is 2.47 bits per heavy atom. The predicted molar refractivity (Wildman–Crippen MR) is 58.1 cm³/mol. The molecule has 1 aromatic heterocycles. The predicted octanol–water partition coefficient (Wildman–Crippen LogP) is 2.69. The zero-order valence-corrected chi connectivity index (χ0v) is 8.99. The number of aromatic nitrogens is 2. The van der Waals surface area contributed by atoms with Crippen molar-refractivity contribution in [1.29, 1.82) is 0 Å². The third-order valence-electron chi connectivity index (χ3n) is 2.44. The Morgan fingerprint density at radius 1 is 1.29 bits per heavy atom. The number of nitrogens with zero attached hydrogens (tertiary/aromatic N) is 2. The number of alkyl halides is 3. The van der Waals surface area contributed by atoms with E-state index in [1.165, 1.54) is 6.07 Å². The Bertz CT molecular complexity index is 543. The van der Waals surface area contributed by atoms with Crippen LogP contribution in [0.15, 0.2) is 30.6 Å². The van der Waals surface area contributed by atoms with Gasteiger partial charge in [-0.2, -0.15) is 13.2 Å². The summed E-state index contributed by atoms with van der Waals surface area (Å²) in [6.45, 7) is 0. The minimum atomic E-state index is -4.38. The summed E-state index contributed by atoms with van der Waals surface area (Å²) in [6, 6.07) is 3.25. The minimum absolute atomic E-state index is 0.0640. The van der Waals surface area contributed by atoms with Crippen molar-refractivity contribution >= 4 is 5.69 Å². The van der Waals surface area contributed by atoms with E-state index < -0.39 is 11.7 Å². The van der Waals surface area contributed by atoms with E-state index in [2.05, 4.69) is 4.98 Å². The number of aryl methyl sites for hydroxylation is 1. The van der Waals surface area contributed by atoms with E-state index in [4.69, 9.17) is 5.73 Å². The summed E-state index contributed by atoms with van der Waals surface area (Å²) in [5.41, 5.74) is 5.42. The lowest BCUT2D eigenvalue weighted by molar-refractivity contribution is -0.137. The second kappa shape index (κ2) is 3.80. The van der Waals surface area contributed by atoms with Gasteiger partial charge < -0.3 is 10.3 Å². The van der Waals surface area contributed by atoms with Gasteiger partial charge in [0.1, 0.15) is 5.82 Å². The number of nitrogen functional groups attached to an aromatic ring is 1. The monoisotopic (exact) mass is 241 g/mol. The molecule has 0 radical (unpaired) electrons. The third-order valence-corrected chi connectivity index (χ3v) is 2.44. The lowest BCUT2D eigenvalue weighted by atomic mass is 10.1. The van der Waals surface area contributed by atoms with Gasteiger partial charge in [-0.1, -0.05) is 0 Å². The molecule has 2 rings (SSSR count). The normalized spacial score (nSPS) is 11.8. The highest BCUT2D eigenvalue weighted by atomic mass is 19.4. The molecule has 0 fully saturated rings. The number of imidazole rings is 1. The van der Waals surface area contributed by atoms with Crippen LogP contribution in [0.1, 0.15) is 5.56 Å². The first-order valence-electron chi connectivity index (χ1n) is 4.84. The van der Waals surface area contributed by atoms with Gasteiger partial charge in [0.2, 0.25) is 0 Å². The van der Waals surface area contributed by atoms with Crippen molar-refractivity contribution in [3.8, 4) is 11.4 Å². The van der Waals surface area contributed by atoms with E-state index in [-0.39, 0.29) is 5.69 Å². The summed E-state index contributed by atoms with van der Waals surface area (Å²) >= 11 is 0. The molecule has 1 heterocycles. The molecule has 0 saturated carbocycles. The number of hydrogen-bond acceptors (Lipinski definition) is 2. The summed E-state index contributed by atoms with van der Waals surface area (Å²) in [6.07, 6.45) is -1.12. The average Bonchev–Trinajstić information content (AvgIpc) is 2.63. The molecule has 90 valence electrons. The molecule has 3 nitrogen and oxygen atoms in total. The van der Waals surface area contributed by atoms with Gasteiger partial charge in [-0.15, -0.1) is 0 Å². The van der Waals surface area contributed by atoms with E-state index in [9.17, 15) is 13.2 Å². The quantitative estimate of drug-likeness (QED) is 0.780. The molecule has 1 aromatic carbocycles. The van der Waals surface area contributed by atoms with Gasteiger partial charge in [0, 0.05) is 30.7 Å². The Morgan fingerprint density at radius 2 is 2.00 bits per heavy atom. The molecule has 6 heteroatoms. The van der Waals surface area contributed by atoms with Crippen LogP contribution in [0, 0.1) is 0 Å². The van der Waals surface area contributed by atoms with E-state index in [1.54, 1.807) is 24.0 Å². The maximum Gasteiger partial charge on any atom is 0.416 e. The molecule has 0 amide bonds. The van der Waals surface area contributed by atoms with Gasteiger partial charge in [0.25, 0.3) is 0 Å². The zero-order valence-electron chi connectivity index (χ0n) is 8.99. The smallest absolute Gasteiger partial charge is 0.398 e. The van der Waals surface area contributed by atoms with E-state index in [1.807, 2.05) is 0 Å². The van der Waals surface area contributed by atoms with Crippen LogP contribution in [0.25, 0.3) is 11.4 Å². The van der Waals surface area contributed by atoms with Gasteiger partial charge in [0.05, 0.1) is 5.56 Å². The topological polar surface area (TPSA) is 43.8 Å². The fourth-order valence-corrected chi connectivity index (χ4v) is 1.57. The van der Waals surface area contributed by atoms with Crippen molar-refractivity contribution in [2.75, 3.05) is 5.73 Å². The molecule has 2 aromatic rings. The standard InChI is InChI=1S/C11H10F3N3/c1-17-5-4-16-10(17)8-3-2-7(6-9(8)15)11(12,13)14/h2-6H,15H2,1H3. The molecular weight excluding hydrogens is 231 g/mol. The van der Waals surface area contributed by atoms with Crippen molar-refractivity contribution < 1.29 is 13.2 Å². The lowest BCUT2D eigenvalue weighted by Gasteiger charge is -2.10. The summed E-state index contributed by atoms with van der Waals surface area (Å²) < 4.78 is 39.0. The van der Waals surface area contributed by atoms with Crippen LogP contribution < -0.4 is 5.73 Å². The number of halogens is 3. The Balaban J connectivity index is 2.50. The fraction of sp³-hybridized carbons (Fsp3) is 0.182. The molecule has 0 atom stereocenters. The van der Waals surface area contributed by atoms with Crippen molar-refractivity contribution in [2.24, 2.45) is 7.05 Å². The van der Waals surface area contributed by atoms with Crippen LogP contribution in [-0.4, -0.2) is 9.55 Å². The largest absolute Gasteiger partial charge is 0.416 e. The van der Waals surface area contributed by atoms with Gasteiger partial charge in [-0.3, -0.25) is 0 Å². The maximum absolute atomic E-state index is 12.4. The first-order valence-corrected chi connectivity index (χ1v) is 4.84. The summed E-state index contributed by atoms with van der Waals surface area (Å²) in [5, 5.41) is 0. The zero-order chi connectivity index (χ0) is 12.6. The summed E-state index contributed by atoms with van der Waals surface area (Å²) in [5.74, 6) is 0.538. The van der Waals surface area contributed by atoms with E-state index >= 15 is 0 Å². The minimum Gasteiger partial charge on any atom is -0.398 e. The van der Waals surface area contributed by atoms with Crippen LogP contribution in [0.5, 0.6) is 0 Å². The van der Waals surface area contributed by atoms with Gasteiger partial charge in [-0.05, 0) is 18.2 Å². The van der Waals surface area contributed by atoms with Crippen molar-refractivity contribution in [3.05, 3.63) is 36.2 Å². The molecule has 0 spiro atoms. The summed E-state index contributed by atoms with van der Waals surface area (Å²) in [7, 11) is 1.75. The Hall–Kier alpha value is -1.98. The lowest BCUT2D eigenvalue weighted by Crippen LogP contribution is -2.06. The van der Waals surface area contributed by atoms with Crippen LogP contribution >= 0.6 is 0 Å². The second-order valence-electron chi connectivity index (χ2n) is 3.66. The number of nitrogens with two attached hydrogens (primary N) is 1. The Labute approximate surface area is 95.7 Å². The molecule has 0 aliphatic rings. The number of anilines is 1. The second-order valence-corrected chi connectivity index (χ2v) is 3.66. The van der Waals surface area contributed by atoms with Crippen molar-refractivity contribution in [2.45, 2.75) is 6.18 Å². The van der Waals surface area contributed by atoms with Gasteiger partial charge in [-0.25, -0.2) is 4.98 Å².